The van der Waals surface area contributed by atoms with E-state index in [4.69, 9.17) is 14.2 Å². The van der Waals surface area contributed by atoms with Crippen LogP contribution in [0.1, 0.15) is 16.8 Å². The second kappa shape index (κ2) is 9.67. The Kier molecular flexibility index (Phi) is 7.30. The molecule has 0 bridgehead atoms. The summed E-state index contributed by atoms with van der Waals surface area (Å²) >= 11 is 1.43. The molecule has 2 N–H and O–H groups in total. The number of benzene rings is 1. The SMILES string of the molecule is COc1cc(C(=O)O)c(NC(=O)CCSc2ccccn2)c(OC)c1OC. The van der Waals surface area contributed by atoms with E-state index in [9.17, 15) is 14.7 Å². The molecule has 144 valence electrons. The predicted molar refractivity (Wildman–Crippen MR) is 101 cm³/mol. The van der Waals surface area contributed by atoms with Gasteiger partial charge in [0.25, 0.3) is 0 Å². The first kappa shape index (κ1) is 20.4. The van der Waals surface area contributed by atoms with E-state index in [-0.39, 0.29) is 40.8 Å². The minimum atomic E-state index is -1.23. The molecule has 0 fully saturated rings. The lowest BCUT2D eigenvalue weighted by molar-refractivity contribution is -0.115. The Balaban J connectivity index is 2.20. The first-order valence-electron chi connectivity index (χ1n) is 7.91. The zero-order valence-corrected chi connectivity index (χ0v) is 16.0. The van der Waals surface area contributed by atoms with E-state index in [1.807, 2.05) is 18.2 Å². The highest BCUT2D eigenvalue weighted by atomic mass is 32.2. The molecule has 27 heavy (non-hydrogen) atoms. The van der Waals surface area contributed by atoms with Gasteiger partial charge in [-0.1, -0.05) is 6.07 Å². The minimum absolute atomic E-state index is 0.0236. The molecule has 1 heterocycles. The summed E-state index contributed by atoms with van der Waals surface area (Å²) in [5.74, 6) is -0.627. The van der Waals surface area contributed by atoms with Gasteiger partial charge in [0.2, 0.25) is 11.7 Å². The molecule has 0 saturated carbocycles. The Bertz CT molecular complexity index is 813. The molecule has 9 heteroatoms. The maximum Gasteiger partial charge on any atom is 0.338 e. The zero-order valence-electron chi connectivity index (χ0n) is 15.1. The molecule has 0 aliphatic rings. The van der Waals surface area contributed by atoms with Crippen molar-refractivity contribution in [2.75, 3.05) is 32.4 Å². The molecular weight excluding hydrogens is 372 g/mol. The van der Waals surface area contributed by atoms with Gasteiger partial charge >= 0.3 is 5.97 Å². The average molecular weight is 392 g/mol. The molecule has 1 aromatic carbocycles. The summed E-state index contributed by atoms with van der Waals surface area (Å²) in [4.78, 5) is 28.1. The quantitative estimate of drug-likeness (QED) is 0.627. The molecule has 8 nitrogen and oxygen atoms in total. The molecule has 0 spiro atoms. The van der Waals surface area contributed by atoms with Crippen LogP contribution in [0, 0.1) is 0 Å². The van der Waals surface area contributed by atoms with Crippen LogP contribution in [0.5, 0.6) is 17.2 Å². The van der Waals surface area contributed by atoms with Crippen LogP contribution in [-0.2, 0) is 4.79 Å². The van der Waals surface area contributed by atoms with Gasteiger partial charge in [0.1, 0.15) is 5.69 Å². The molecule has 0 aliphatic carbocycles. The van der Waals surface area contributed by atoms with Gasteiger partial charge in [-0.2, -0.15) is 0 Å². The molecule has 0 saturated heterocycles. The number of carboxylic acids is 1. The highest BCUT2D eigenvalue weighted by Crippen LogP contribution is 2.45. The van der Waals surface area contributed by atoms with E-state index >= 15 is 0 Å². The van der Waals surface area contributed by atoms with Crippen molar-refractivity contribution in [1.82, 2.24) is 4.98 Å². The van der Waals surface area contributed by atoms with Gasteiger partial charge < -0.3 is 24.6 Å². The maximum atomic E-state index is 12.3. The van der Waals surface area contributed by atoms with Gasteiger partial charge in [-0.15, -0.1) is 11.8 Å². The van der Waals surface area contributed by atoms with Crippen molar-refractivity contribution in [2.24, 2.45) is 0 Å². The number of ether oxygens (including phenoxy) is 3. The van der Waals surface area contributed by atoms with E-state index in [2.05, 4.69) is 10.3 Å². The van der Waals surface area contributed by atoms with E-state index in [1.54, 1.807) is 6.20 Å². The first-order chi connectivity index (χ1) is 13.0. The summed E-state index contributed by atoms with van der Waals surface area (Å²) < 4.78 is 15.7. The molecule has 1 aromatic heterocycles. The number of rotatable bonds is 9. The normalized spacial score (nSPS) is 10.2. The van der Waals surface area contributed by atoms with Crippen LogP contribution < -0.4 is 19.5 Å². The van der Waals surface area contributed by atoms with E-state index in [0.29, 0.717) is 5.75 Å². The fourth-order valence-electron chi connectivity index (χ4n) is 2.33. The standard InChI is InChI=1S/C18H20N2O6S/c1-24-12-10-11(18(22)23)15(17(26-3)16(12)25-2)20-13(21)7-9-27-14-6-4-5-8-19-14/h4-6,8,10H,7,9H2,1-3H3,(H,20,21)(H,22,23). The number of carbonyl (C=O) groups is 2. The fraction of sp³-hybridized carbons (Fsp3) is 0.278. The van der Waals surface area contributed by atoms with Crippen LogP contribution in [0.15, 0.2) is 35.5 Å². The van der Waals surface area contributed by atoms with Crippen molar-refractivity contribution in [1.29, 1.82) is 0 Å². The lowest BCUT2D eigenvalue weighted by Crippen LogP contribution is -2.17. The molecular formula is C18H20N2O6S. The van der Waals surface area contributed by atoms with Gasteiger partial charge in [-0.25, -0.2) is 9.78 Å². The summed E-state index contributed by atoms with van der Waals surface area (Å²) in [5.41, 5.74) is -0.134. The van der Waals surface area contributed by atoms with Crippen molar-refractivity contribution in [3.8, 4) is 17.2 Å². The number of amides is 1. The number of anilines is 1. The Hall–Kier alpha value is -2.94. The number of carbonyl (C=O) groups excluding carboxylic acids is 1. The summed E-state index contributed by atoms with van der Waals surface area (Å²) in [7, 11) is 4.14. The Morgan fingerprint density at radius 2 is 1.89 bits per heavy atom. The van der Waals surface area contributed by atoms with Crippen molar-refractivity contribution in [3.05, 3.63) is 36.0 Å². The summed E-state index contributed by atoms with van der Waals surface area (Å²) in [6.45, 7) is 0. The highest BCUT2D eigenvalue weighted by Gasteiger charge is 2.25. The summed E-state index contributed by atoms with van der Waals surface area (Å²) in [6.07, 6.45) is 1.84. The van der Waals surface area contributed by atoms with Crippen LogP contribution in [0.4, 0.5) is 5.69 Å². The number of pyridine rings is 1. The van der Waals surface area contributed by atoms with Crippen LogP contribution in [-0.4, -0.2) is 49.0 Å². The summed E-state index contributed by atoms with van der Waals surface area (Å²) in [6, 6.07) is 6.81. The van der Waals surface area contributed by atoms with Crippen LogP contribution >= 0.6 is 11.8 Å². The van der Waals surface area contributed by atoms with E-state index in [0.717, 1.165) is 5.03 Å². The number of nitrogens with one attached hydrogen (secondary N) is 1. The molecule has 0 aliphatic heterocycles. The van der Waals surface area contributed by atoms with Gasteiger partial charge in [0, 0.05) is 24.4 Å². The third kappa shape index (κ3) is 5.04. The van der Waals surface area contributed by atoms with Crippen molar-refractivity contribution in [2.45, 2.75) is 11.4 Å². The lowest BCUT2D eigenvalue weighted by atomic mass is 10.1. The Labute approximate surface area is 160 Å². The second-order valence-corrected chi connectivity index (χ2v) is 6.30. The van der Waals surface area contributed by atoms with Crippen molar-refractivity contribution < 1.29 is 28.9 Å². The number of aromatic carboxylic acids is 1. The van der Waals surface area contributed by atoms with Gasteiger partial charge in [0.05, 0.1) is 31.9 Å². The van der Waals surface area contributed by atoms with E-state index in [1.165, 1.54) is 39.2 Å². The minimum Gasteiger partial charge on any atom is -0.493 e. The maximum absolute atomic E-state index is 12.3. The van der Waals surface area contributed by atoms with Gasteiger partial charge in [0.15, 0.2) is 11.5 Å². The Morgan fingerprint density at radius 3 is 2.44 bits per heavy atom. The number of nitrogens with zero attached hydrogens (tertiary/aromatic N) is 1. The fourth-order valence-corrected chi connectivity index (χ4v) is 3.14. The first-order valence-corrected chi connectivity index (χ1v) is 8.90. The topological polar surface area (TPSA) is 107 Å². The van der Waals surface area contributed by atoms with Gasteiger partial charge in [-0.3, -0.25) is 4.79 Å². The van der Waals surface area contributed by atoms with Gasteiger partial charge in [-0.05, 0) is 12.1 Å². The third-order valence-electron chi connectivity index (χ3n) is 3.54. The van der Waals surface area contributed by atoms with Crippen LogP contribution in [0.25, 0.3) is 0 Å². The Morgan fingerprint density at radius 1 is 1.15 bits per heavy atom. The third-order valence-corrected chi connectivity index (χ3v) is 4.49. The predicted octanol–water partition coefficient (Wildman–Crippen LogP) is 2.93. The van der Waals surface area contributed by atoms with Crippen molar-refractivity contribution >= 4 is 29.3 Å². The molecule has 0 unspecified atom stereocenters. The molecule has 2 rings (SSSR count). The molecule has 1 amide bonds. The molecule has 0 radical (unpaired) electrons. The number of carboxylic acid groups (broad SMARTS) is 1. The molecule has 0 atom stereocenters. The lowest BCUT2D eigenvalue weighted by Gasteiger charge is -2.18. The van der Waals surface area contributed by atoms with Crippen LogP contribution in [0.2, 0.25) is 0 Å². The monoisotopic (exact) mass is 392 g/mol. The van der Waals surface area contributed by atoms with Crippen molar-refractivity contribution in [3.63, 3.8) is 0 Å². The smallest absolute Gasteiger partial charge is 0.338 e. The molecule has 2 aromatic rings. The van der Waals surface area contributed by atoms with E-state index < -0.39 is 5.97 Å². The number of thioether (sulfide) groups is 1. The van der Waals surface area contributed by atoms with Crippen LogP contribution in [0.3, 0.4) is 0 Å². The number of aromatic nitrogens is 1. The number of hydrogen-bond donors (Lipinski definition) is 2. The largest absolute Gasteiger partial charge is 0.493 e. The second-order valence-electron chi connectivity index (χ2n) is 5.19. The average Bonchev–Trinajstić information content (AvgIpc) is 2.67. The zero-order chi connectivity index (χ0) is 19.8. The number of methoxy groups -OCH3 is 3. The highest BCUT2D eigenvalue weighted by molar-refractivity contribution is 7.99. The number of hydrogen-bond acceptors (Lipinski definition) is 7. The summed E-state index contributed by atoms with van der Waals surface area (Å²) in [5, 5.41) is 12.9.